The molecule has 0 radical (unpaired) electrons. The number of benzene rings is 2. The SMILES string of the molecule is Cc1ccc(C(=O)Nc2ccc3c(C(=O)N(Cc4ccccc4)C(C)(C)C)c[nH]c3n2)cc1. The number of H-pyrrole nitrogens is 1. The lowest BCUT2D eigenvalue weighted by Gasteiger charge is -2.36. The van der Waals surface area contributed by atoms with Gasteiger partial charge in [-0.15, -0.1) is 0 Å². The van der Waals surface area contributed by atoms with Crippen LogP contribution in [0, 0.1) is 6.92 Å². The smallest absolute Gasteiger partial charge is 0.256 e. The lowest BCUT2D eigenvalue weighted by molar-refractivity contribution is 0.0561. The van der Waals surface area contributed by atoms with Crippen molar-refractivity contribution in [1.82, 2.24) is 14.9 Å². The molecule has 2 aromatic carbocycles. The van der Waals surface area contributed by atoms with Crippen LogP contribution in [0.3, 0.4) is 0 Å². The van der Waals surface area contributed by atoms with Crippen molar-refractivity contribution >= 4 is 28.7 Å². The minimum absolute atomic E-state index is 0.0733. The van der Waals surface area contributed by atoms with Crippen molar-refractivity contribution in [3.05, 3.63) is 95.2 Å². The summed E-state index contributed by atoms with van der Waals surface area (Å²) in [6.07, 6.45) is 1.69. The zero-order chi connectivity index (χ0) is 23.6. The Morgan fingerprint density at radius 2 is 1.67 bits per heavy atom. The summed E-state index contributed by atoms with van der Waals surface area (Å²) in [5.41, 5.74) is 3.46. The Morgan fingerprint density at radius 3 is 2.33 bits per heavy atom. The minimum Gasteiger partial charge on any atom is -0.345 e. The summed E-state index contributed by atoms with van der Waals surface area (Å²) < 4.78 is 0. The predicted octanol–water partition coefficient (Wildman–Crippen LogP) is 5.56. The number of fused-ring (bicyclic) bond motifs is 1. The Bertz CT molecular complexity index is 1290. The third-order valence-corrected chi connectivity index (χ3v) is 5.56. The summed E-state index contributed by atoms with van der Waals surface area (Å²) in [6.45, 7) is 8.56. The van der Waals surface area contributed by atoms with Gasteiger partial charge in [0.05, 0.1) is 5.56 Å². The van der Waals surface area contributed by atoms with E-state index in [1.54, 1.807) is 24.4 Å². The first-order chi connectivity index (χ1) is 15.7. The van der Waals surface area contributed by atoms with E-state index in [9.17, 15) is 9.59 Å². The zero-order valence-electron chi connectivity index (χ0n) is 19.3. The fourth-order valence-corrected chi connectivity index (χ4v) is 3.67. The molecule has 2 aromatic heterocycles. The highest BCUT2D eigenvalue weighted by atomic mass is 16.2. The van der Waals surface area contributed by atoms with Gasteiger partial charge in [-0.3, -0.25) is 9.59 Å². The van der Waals surface area contributed by atoms with Crippen molar-refractivity contribution in [2.75, 3.05) is 5.32 Å². The first kappa shape index (κ1) is 22.3. The van der Waals surface area contributed by atoms with Crippen molar-refractivity contribution in [3.63, 3.8) is 0 Å². The first-order valence-electron chi connectivity index (χ1n) is 10.9. The van der Waals surface area contributed by atoms with E-state index in [-0.39, 0.29) is 17.4 Å². The van der Waals surface area contributed by atoms with E-state index in [0.717, 1.165) is 16.5 Å². The lowest BCUT2D eigenvalue weighted by atomic mass is 10.0. The van der Waals surface area contributed by atoms with Gasteiger partial charge in [0.2, 0.25) is 0 Å². The van der Waals surface area contributed by atoms with Gasteiger partial charge < -0.3 is 15.2 Å². The molecule has 0 saturated heterocycles. The second-order valence-corrected chi connectivity index (χ2v) is 9.16. The second-order valence-electron chi connectivity index (χ2n) is 9.16. The molecule has 0 unspecified atom stereocenters. The van der Waals surface area contributed by atoms with Crippen LogP contribution >= 0.6 is 0 Å². The van der Waals surface area contributed by atoms with Crippen molar-refractivity contribution in [2.45, 2.75) is 39.8 Å². The summed E-state index contributed by atoms with van der Waals surface area (Å²) in [4.78, 5) is 35.5. The monoisotopic (exact) mass is 440 g/mol. The molecule has 6 heteroatoms. The molecule has 0 fully saturated rings. The third-order valence-electron chi connectivity index (χ3n) is 5.56. The van der Waals surface area contributed by atoms with Gasteiger partial charge in [0, 0.05) is 29.2 Å². The van der Waals surface area contributed by atoms with Crippen LogP contribution in [0.15, 0.2) is 72.9 Å². The molecule has 168 valence electrons. The Kier molecular flexibility index (Phi) is 6.01. The summed E-state index contributed by atoms with van der Waals surface area (Å²) in [6, 6.07) is 20.8. The fourth-order valence-electron chi connectivity index (χ4n) is 3.67. The molecule has 4 aromatic rings. The Morgan fingerprint density at radius 1 is 0.970 bits per heavy atom. The molecule has 0 spiro atoms. The molecule has 0 bridgehead atoms. The number of nitrogens with zero attached hydrogens (tertiary/aromatic N) is 2. The summed E-state index contributed by atoms with van der Waals surface area (Å²) >= 11 is 0. The van der Waals surface area contributed by atoms with Crippen LogP contribution in [0.25, 0.3) is 11.0 Å². The number of amides is 2. The number of anilines is 1. The van der Waals surface area contributed by atoms with Crippen LogP contribution in [0.1, 0.15) is 52.6 Å². The maximum atomic E-state index is 13.6. The van der Waals surface area contributed by atoms with E-state index in [1.807, 2.05) is 81.1 Å². The Labute approximate surface area is 193 Å². The number of carbonyl (C=O) groups is 2. The fraction of sp³-hybridized carbons (Fsp3) is 0.222. The summed E-state index contributed by atoms with van der Waals surface area (Å²) in [7, 11) is 0. The molecular formula is C27H28N4O2. The number of hydrogen-bond donors (Lipinski definition) is 2. The minimum atomic E-state index is -0.369. The number of carbonyl (C=O) groups excluding carboxylic acids is 2. The van der Waals surface area contributed by atoms with Crippen LogP contribution in [-0.4, -0.2) is 32.2 Å². The number of aryl methyl sites for hydroxylation is 1. The van der Waals surface area contributed by atoms with Gasteiger partial charge in [-0.05, 0) is 57.5 Å². The molecular weight excluding hydrogens is 412 g/mol. The predicted molar refractivity (Wildman–Crippen MR) is 131 cm³/mol. The van der Waals surface area contributed by atoms with Crippen molar-refractivity contribution < 1.29 is 9.59 Å². The van der Waals surface area contributed by atoms with Crippen LogP contribution in [0.2, 0.25) is 0 Å². The van der Waals surface area contributed by atoms with Gasteiger partial charge in [-0.2, -0.15) is 0 Å². The highest BCUT2D eigenvalue weighted by molar-refractivity contribution is 6.07. The number of rotatable bonds is 5. The molecule has 0 atom stereocenters. The molecule has 0 aliphatic heterocycles. The average molecular weight is 441 g/mol. The molecule has 2 amide bonds. The number of pyridine rings is 1. The van der Waals surface area contributed by atoms with E-state index in [2.05, 4.69) is 15.3 Å². The highest BCUT2D eigenvalue weighted by Gasteiger charge is 2.29. The molecule has 2 heterocycles. The van der Waals surface area contributed by atoms with Crippen molar-refractivity contribution in [3.8, 4) is 0 Å². The van der Waals surface area contributed by atoms with Gasteiger partial charge in [0.1, 0.15) is 11.5 Å². The van der Waals surface area contributed by atoms with E-state index in [4.69, 9.17) is 0 Å². The number of nitrogens with one attached hydrogen (secondary N) is 2. The molecule has 2 N–H and O–H groups in total. The third kappa shape index (κ3) is 4.95. The highest BCUT2D eigenvalue weighted by Crippen LogP contribution is 2.25. The Balaban J connectivity index is 1.58. The van der Waals surface area contributed by atoms with Gasteiger partial charge in [-0.1, -0.05) is 48.0 Å². The lowest BCUT2D eigenvalue weighted by Crippen LogP contribution is -2.45. The number of aromatic nitrogens is 2. The number of aromatic amines is 1. The summed E-state index contributed by atoms with van der Waals surface area (Å²) in [5.74, 6) is 0.119. The van der Waals surface area contributed by atoms with Crippen molar-refractivity contribution in [1.29, 1.82) is 0 Å². The topological polar surface area (TPSA) is 78.1 Å². The van der Waals surface area contributed by atoms with Crippen LogP contribution in [0.5, 0.6) is 0 Å². The molecule has 0 aliphatic carbocycles. The maximum absolute atomic E-state index is 13.6. The first-order valence-corrected chi connectivity index (χ1v) is 10.9. The van der Waals surface area contributed by atoms with E-state index >= 15 is 0 Å². The Hall–Kier alpha value is -3.93. The quantitative estimate of drug-likeness (QED) is 0.426. The number of hydrogen-bond acceptors (Lipinski definition) is 3. The van der Waals surface area contributed by atoms with E-state index in [0.29, 0.717) is 29.1 Å². The average Bonchev–Trinajstić information content (AvgIpc) is 3.20. The summed E-state index contributed by atoms with van der Waals surface area (Å²) in [5, 5.41) is 3.54. The zero-order valence-corrected chi connectivity index (χ0v) is 19.3. The van der Waals surface area contributed by atoms with Crippen LogP contribution in [0.4, 0.5) is 5.82 Å². The van der Waals surface area contributed by atoms with Crippen molar-refractivity contribution in [2.24, 2.45) is 0 Å². The van der Waals surface area contributed by atoms with Gasteiger partial charge in [-0.25, -0.2) is 4.98 Å². The molecule has 0 saturated carbocycles. The molecule has 6 nitrogen and oxygen atoms in total. The maximum Gasteiger partial charge on any atom is 0.256 e. The standard InChI is InChI=1S/C27H28N4O2/c1-18-10-12-20(13-11-18)25(32)30-23-15-14-21-22(16-28-24(21)29-23)26(33)31(27(2,3)4)17-19-8-6-5-7-9-19/h5-16H,17H2,1-4H3,(H2,28,29,30,32). The van der Waals surface area contributed by atoms with Gasteiger partial charge in [0.15, 0.2) is 0 Å². The van der Waals surface area contributed by atoms with E-state index < -0.39 is 0 Å². The van der Waals surface area contributed by atoms with Crippen LogP contribution in [-0.2, 0) is 6.54 Å². The molecule has 4 rings (SSSR count). The molecule has 0 aliphatic rings. The normalized spacial score (nSPS) is 11.4. The largest absolute Gasteiger partial charge is 0.345 e. The van der Waals surface area contributed by atoms with Crippen LogP contribution < -0.4 is 5.32 Å². The second kappa shape index (κ2) is 8.90. The molecule has 33 heavy (non-hydrogen) atoms. The van der Waals surface area contributed by atoms with Gasteiger partial charge >= 0.3 is 0 Å². The van der Waals surface area contributed by atoms with E-state index in [1.165, 1.54) is 0 Å². The van der Waals surface area contributed by atoms with Gasteiger partial charge in [0.25, 0.3) is 11.8 Å².